The summed E-state index contributed by atoms with van der Waals surface area (Å²) in [5.41, 5.74) is 16.6. The lowest BCUT2D eigenvalue weighted by molar-refractivity contribution is 0.660. The molecule has 0 unspecified atom stereocenters. The largest absolute Gasteiger partial charge is 0.455 e. The first kappa shape index (κ1) is 34.9. The molecule has 0 aliphatic heterocycles. The van der Waals surface area contributed by atoms with Gasteiger partial charge in [-0.3, -0.25) is 0 Å². The topological polar surface area (TPSA) is 29.5 Å². The average Bonchev–Trinajstić information content (AvgIpc) is 3.98. The summed E-state index contributed by atoms with van der Waals surface area (Å²) in [6.45, 7) is 4.71. The quantitative estimate of drug-likeness (QED) is 0.174. The Balaban J connectivity index is 1.01. The molecule has 10 aromatic carbocycles. The molecule has 1 aliphatic carbocycles. The minimum atomic E-state index is -0.154. The molecule has 1 aliphatic rings. The SMILES string of the molecule is CC1(C)c2ccccc2-c2ccc(N(c3ccc(-c4cccc5oc6c7ccccc7ccc6c45)cc3)c3ccccc3-c3cccc4oc5c6ccccc6ccc5c34)cc21. The number of benzene rings is 10. The summed E-state index contributed by atoms with van der Waals surface area (Å²) >= 11 is 0. The van der Waals surface area contributed by atoms with Crippen molar-refractivity contribution in [2.45, 2.75) is 19.3 Å². The molecule has 3 heteroatoms. The van der Waals surface area contributed by atoms with Gasteiger partial charge in [0.15, 0.2) is 0 Å². The molecule has 62 heavy (non-hydrogen) atoms. The van der Waals surface area contributed by atoms with Crippen LogP contribution in [0.1, 0.15) is 25.0 Å². The van der Waals surface area contributed by atoms with Gasteiger partial charge in [0.05, 0.1) is 5.69 Å². The zero-order valence-corrected chi connectivity index (χ0v) is 34.3. The summed E-state index contributed by atoms with van der Waals surface area (Å²) in [7, 11) is 0. The monoisotopic (exact) mass is 793 g/mol. The normalized spacial score (nSPS) is 13.1. The Morgan fingerprint density at radius 3 is 1.60 bits per heavy atom. The Hall–Kier alpha value is -7.88. The molecule has 3 nitrogen and oxygen atoms in total. The molecule has 0 spiro atoms. The van der Waals surface area contributed by atoms with E-state index in [2.05, 4.69) is 219 Å². The van der Waals surface area contributed by atoms with Crippen molar-refractivity contribution in [1.29, 1.82) is 0 Å². The van der Waals surface area contributed by atoms with E-state index in [9.17, 15) is 0 Å². The van der Waals surface area contributed by atoms with Crippen LogP contribution in [0, 0.1) is 0 Å². The van der Waals surface area contributed by atoms with Crippen LogP contribution in [-0.4, -0.2) is 0 Å². The van der Waals surface area contributed by atoms with Crippen LogP contribution in [0.25, 0.3) is 98.8 Å². The molecule has 0 radical (unpaired) electrons. The molecule has 0 atom stereocenters. The van der Waals surface area contributed by atoms with E-state index in [4.69, 9.17) is 8.83 Å². The van der Waals surface area contributed by atoms with Gasteiger partial charge in [-0.2, -0.15) is 0 Å². The lowest BCUT2D eigenvalue weighted by Crippen LogP contribution is -2.16. The van der Waals surface area contributed by atoms with Crippen LogP contribution in [-0.2, 0) is 5.41 Å². The second-order valence-corrected chi connectivity index (χ2v) is 17.2. The highest BCUT2D eigenvalue weighted by molar-refractivity contribution is 6.21. The minimum absolute atomic E-state index is 0.154. The first-order chi connectivity index (χ1) is 30.5. The smallest absolute Gasteiger partial charge is 0.143 e. The van der Waals surface area contributed by atoms with Crippen molar-refractivity contribution < 1.29 is 8.83 Å². The van der Waals surface area contributed by atoms with E-state index in [-0.39, 0.29) is 5.41 Å². The van der Waals surface area contributed by atoms with Crippen molar-refractivity contribution in [2.24, 2.45) is 0 Å². The Labute approximate surface area is 358 Å². The first-order valence-electron chi connectivity index (χ1n) is 21.4. The van der Waals surface area contributed by atoms with Crippen molar-refractivity contribution in [3.05, 3.63) is 211 Å². The average molecular weight is 794 g/mol. The number of para-hydroxylation sites is 1. The maximum atomic E-state index is 6.71. The fourth-order valence-electron chi connectivity index (χ4n) is 10.5. The molecule has 0 saturated carbocycles. The highest BCUT2D eigenvalue weighted by atomic mass is 16.3. The second-order valence-electron chi connectivity index (χ2n) is 17.2. The number of rotatable bonds is 5. The summed E-state index contributed by atoms with van der Waals surface area (Å²) in [5, 5.41) is 9.10. The van der Waals surface area contributed by atoms with Crippen molar-refractivity contribution in [3.63, 3.8) is 0 Å². The van der Waals surface area contributed by atoms with Crippen LogP contribution < -0.4 is 4.90 Å². The predicted octanol–water partition coefficient (Wildman–Crippen LogP) is 16.9. The van der Waals surface area contributed by atoms with E-state index in [1.807, 2.05) is 0 Å². The first-order valence-corrected chi connectivity index (χ1v) is 21.4. The Morgan fingerprint density at radius 2 is 0.903 bits per heavy atom. The van der Waals surface area contributed by atoms with Gasteiger partial charge in [-0.15, -0.1) is 0 Å². The summed E-state index contributed by atoms with van der Waals surface area (Å²) in [6.07, 6.45) is 0. The van der Waals surface area contributed by atoms with Gasteiger partial charge < -0.3 is 13.7 Å². The van der Waals surface area contributed by atoms with Crippen LogP contribution in [0.3, 0.4) is 0 Å². The molecule has 292 valence electrons. The third kappa shape index (κ3) is 5.00. The molecule has 12 aromatic rings. The van der Waals surface area contributed by atoms with Crippen LogP contribution >= 0.6 is 0 Å². The van der Waals surface area contributed by atoms with E-state index in [0.29, 0.717) is 0 Å². The van der Waals surface area contributed by atoms with E-state index in [1.54, 1.807) is 0 Å². The number of nitrogens with zero attached hydrogens (tertiary/aromatic N) is 1. The zero-order chi connectivity index (χ0) is 41.1. The molecular formula is C59H39NO2. The number of anilines is 3. The van der Waals surface area contributed by atoms with Crippen LogP contribution in [0.15, 0.2) is 209 Å². The van der Waals surface area contributed by atoms with Crippen molar-refractivity contribution in [3.8, 4) is 33.4 Å². The summed E-state index contributed by atoms with van der Waals surface area (Å²) in [5.74, 6) is 0. The van der Waals surface area contributed by atoms with Crippen molar-refractivity contribution in [1.82, 2.24) is 0 Å². The molecule has 13 rings (SSSR count). The van der Waals surface area contributed by atoms with Gasteiger partial charge >= 0.3 is 0 Å². The number of hydrogen-bond donors (Lipinski definition) is 0. The van der Waals surface area contributed by atoms with Gasteiger partial charge in [-0.25, -0.2) is 0 Å². The molecule has 0 fully saturated rings. The van der Waals surface area contributed by atoms with E-state index in [0.717, 1.165) is 94.0 Å². The fourth-order valence-corrected chi connectivity index (χ4v) is 10.5. The van der Waals surface area contributed by atoms with E-state index in [1.165, 1.54) is 33.0 Å². The van der Waals surface area contributed by atoms with E-state index >= 15 is 0 Å². The summed E-state index contributed by atoms with van der Waals surface area (Å²) in [6, 6.07) is 72.4. The van der Waals surface area contributed by atoms with Crippen molar-refractivity contribution in [2.75, 3.05) is 4.90 Å². The Morgan fingerprint density at radius 1 is 0.371 bits per heavy atom. The highest BCUT2D eigenvalue weighted by Crippen LogP contribution is 2.52. The van der Waals surface area contributed by atoms with Gasteiger partial charge in [0.1, 0.15) is 22.3 Å². The van der Waals surface area contributed by atoms with Gasteiger partial charge in [0.25, 0.3) is 0 Å². The fraction of sp³-hybridized carbons (Fsp3) is 0.0508. The molecule has 0 bridgehead atoms. The lowest BCUT2D eigenvalue weighted by atomic mass is 9.82. The lowest BCUT2D eigenvalue weighted by Gasteiger charge is -2.30. The Bertz CT molecular complexity index is 3790. The highest BCUT2D eigenvalue weighted by Gasteiger charge is 2.36. The predicted molar refractivity (Wildman–Crippen MR) is 259 cm³/mol. The molecular weight excluding hydrogens is 755 g/mol. The van der Waals surface area contributed by atoms with Gasteiger partial charge in [0, 0.05) is 54.7 Å². The summed E-state index contributed by atoms with van der Waals surface area (Å²) < 4.78 is 13.3. The molecule has 0 saturated heterocycles. The number of fused-ring (bicyclic) bond motifs is 13. The maximum absolute atomic E-state index is 6.71. The summed E-state index contributed by atoms with van der Waals surface area (Å²) in [4.78, 5) is 2.44. The molecule has 0 amide bonds. The van der Waals surface area contributed by atoms with Gasteiger partial charge in [0.2, 0.25) is 0 Å². The standard InChI is InChI=1S/C59H39NO2/c1-59(2)50-21-9-7-17-44(50)45-34-31-40(35-51(45)59)60(39-29-25-38(26-30-39)41-19-11-23-53-55(41)48-32-27-36-13-3-5-15-42(36)57(48)61-53)52-22-10-8-18-46(52)47-20-12-24-54-56(47)49-33-28-37-14-4-6-16-43(37)58(49)62-54/h3-35H,1-2H3. The molecule has 2 heterocycles. The Kier molecular flexibility index (Phi) is 7.36. The van der Waals surface area contributed by atoms with Crippen LogP contribution in [0.4, 0.5) is 17.1 Å². The van der Waals surface area contributed by atoms with Gasteiger partial charge in [-0.05, 0) is 104 Å². The maximum Gasteiger partial charge on any atom is 0.143 e. The van der Waals surface area contributed by atoms with E-state index < -0.39 is 0 Å². The zero-order valence-electron chi connectivity index (χ0n) is 34.3. The minimum Gasteiger partial charge on any atom is -0.455 e. The van der Waals surface area contributed by atoms with Crippen LogP contribution in [0.5, 0.6) is 0 Å². The number of furan rings is 2. The van der Waals surface area contributed by atoms with Crippen LogP contribution in [0.2, 0.25) is 0 Å². The second kappa shape index (κ2) is 13.1. The van der Waals surface area contributed by atoms with Crippen molar-refractivity contribution >= 4 is 82.5 Å². The third-order valence-corrected chi connectivity index (χ3v) is 13.5. The third-order valence-electron chi connectivity index (χ3n) is 13.5. The molecule has 0 N–H and O–H groups in total. The van der Waals surface area contributed by atoms with Gasteiger partial charge in [-0.1, -0.05) is 159 Å². The number of hydrogen-bond acceptors (Lipinski definition) is 3. The molecule has 2 aromatic heterocycles.